The molecule has 166 valence electrons. The molecule has 2 unspecified atom stereocenters. The molecule has 0 saturated carbocycles. The van der Waals surface area contributed by atoms with Crippen molar-refractivity contribution in [2.75, 3.05) is 0 Å². The van der Waals surface area contributed by atoms with Crippen LogP contribution in [0.3, 0.4) is 0 Å². The molecule has 32 heavy (non-hydrogen) atoms. The molecule has 0 saturated heterocycles. The second-order valence-electron chi connectivity index (χ2n) is 7.03. The minimum atomic E-state index is -3.14. The Balaban J connectivity index is 2.08. The van der Waals surface area contributed by atoms with Gasteiger partial charge in [-0.15, -0.1) is 0 Å². The second-order valence-corrected chi connectivity index (χ2v) is 7.03. The lowest BCUT2D eigenvalue weighted by atomic mass is 9.92. The van der Waals surface area contributed by atoms with Gasteiger partial charge < -0.3 is 16.8 Å². The van der Waals surface area contributed by atoms with E-state index in [2.05, 4.69) is 29.0 Å². The third-order valence-electron chi connectivity index (χ3n) is 4.55. The van der Waals surface area contributed by atoms with Gasteiger partial charge in [0.05, 0.1) is 0 Å². The molecule has 0 aliphatic carbocycles. The molecule has 2 atom stereocenters. The second kappa shape index (κ2) is 11.0. The Hall–Kier alpha value is -3.76. The molecule has 0 heterocycles. The lowest BCUT2D eigenvalue weighted by Gasteiger charge is -2.32. The topological polar surface area (TPSA) is 130 Å². The van der Waals surface area contributed by atoms with Gasteiger partial charge in [0, 0.05) is 23.2 Å². The Kier molecular flexibility index (Phi) is 8.45. The van der Waals surface area contributed by atoms with Gasteiger partial charge in [-0.25, -0.2) is 14.3 Å². The van der Waals surface area contributed by atoms with E-state index in [0.717, 1.165) is 18.1 Å². The van der Waals surface area contributed by atoms with Crippen LogP contribution in [-0.4, -0.2) is 35.0 Å². The maximum Gasteiger partial charge on any atom is 0.268 e. The largest absolute Gasteiger partial charge is 0.338 e. The lowest BCUT2D eigenvalue weighted by Crippen LogP contribution is -2.66. The SMILES string of the molecule is CC(N)(C(F)F)C(NC(=O)c1ccc(C#CC#Cc2ccc(CN)cc2)cc1)C(=O)NO. The van der Waals surface area contributed by atoms with Crippen LogP contribution >= 0.6 is 0 Å². The highest BCUT2D eigenvalue weighted by Gasteiger charge is 2.44. The number of hydroxylamine groups is 1. The molecule has 0 bridgehead atoms. The third-order valence-corrected chi connectivity index (χ3v) is 4.55. The Bertz CT molecular complexity index is 1080. The first kappa shape index (κ1) is 24.5. The summed E-state index contributed by atoms with van der Waals surface area (Å²) in [5.41, 5.74) is 12.3. The van der Waals surface area contributed by atoms with E-state index in [9.17, 15) is 18.4 Å². The number of nitrogens with two attached hydrogens (primary N) is 2. The summed E-state index contributed by atoms with van der Waals surface area (Å²) < 4.78 is 26.4. The molecule has 0 fully saturated rings. The van der Waals surface area contributed by atoms with Gasteiger partial charge in [-0.05, 0) is 60.7 Å². The minimum absolute atomic E-state index is 0.0856. The first-order valence-electron chi connectivity index (χ1n) is 9.42. The Morgan fingerprint density at radius 1 is 1.03 bits per heavy atom. The van der Waals surface area contributed by atoms with Gasteiger partial charge in [0.2, 0.25) is 0 Å². The summed E-state index contributed by atoms with van der Waals surface area (Å²) in [5.74, 6) is 9.05. The molecule has 0 aliphatic rings. The molecule has 2 aromatic rings. The predicted molar refractivity (Wildman–Crippen MR) is 114 cm³/mol. The summed E-state index contributed by atoms with van der Waals surface area (Å²) in [5, 5.41) is 10.9. The zero-order valence-corrected chi connectivity index (χ0v) is 17.2. The molecule has 7 nitrogen and oxygen atoms in total. The molecule has 9 heteroatoms. The number of carbonyl (C=O) groups excluding carboxylic acids is 2. The average Bonchev–Trinajstić information content (AvgIpc) is 2.80. The average molecular weight is 440 g/mol. The van der Waals surface area contributed by atoms with E-state index >= 15 is 0 Å². The van der Waals surface area contributed by atoms with Crippen molar-refractivity contribution in [1.82, 2.24) is 10.8 Å². The van der Waals surface area contributed by atoms with Gasteiger partial charge >= 0.3 is 0 Å². The van der Waals surface area contributed by atoms with Gasteiger partial charge in [-0.3, -0.25) is 14.8 Å². The normalized spacial score (nSPS) is 13.0. The molecule has 2 rings (SSSR count). The molecular formula is C23H22F2N4O3. The number of alkyl halides is 2. The van der Waals surface area contributed by atoms with Gasteiger partial charge in [0.1, 0.15) is 11.6 Å². The van der Waals surface area contributed by atoms with E-state index in [4.69, 9.17) is 16.7 Å². The lowest BCUT2D eigenvalue weighted by molar-refractivity contribution is -0.134. The van der Waals surface area contributed by atoms with Crippen molar-refractivity contribution in [2.24, 2.45) is 11.5 Å². The van der Waals surface area contributed by atoms with Crippen molar-refractivity contribution in [3.8, 4) is 23.7 Å². The number of nitrogens with one attached hydrogen (secondary N) is 2. The molecule has 2 aromatic carbocycles. The van der Waals surface area contributed by atoms with E-state index < -0.39 is 29.8 Å². The maximum absolute atomic E-state index is 13.2. The summed E-state index contributed by atoms with van der Waals surface area (Å²) in [6.07, 6.45) is -3.14. The fourth-order valence-electron chi connectivity index (χ4n) is 2.54. The number of hydrogen-bond acceptors (Lipinski definition) is 5. The first-order valence-corrected chi connectivity index (χ1v) is 9.42. The van der Waals surface area contributed by atoms with Crippen molar-refractivity contribution in [3.63, 3.8) is 0 Å². The summed E-state index contributed by atoms with van der Waals surface area (Å²) in [7, 11) is 0. The van der Waals surface area contributed by atoms with Crippen LogP contribution in [0.15, 0.2) is 48.5 Å². The van der Waals surface area contributed by atoms with Crippen molar-refractivity contribution >= 4 is 11.8 Å². The Morgan fingerprint density at radius 2 is 1.53 bits per heavy atom. The van der Waals surface area contributed by atoms with E-state index in [1.165, 1.54) is 29.7 Å². The van der Waals surface area contributed by atoms with E-state index in [1.54, 1.807) is 0 Å². The van der Waals surface area contributed by atoms with Crippen LogP contribution in [-0.2, 0) is 11.3 Å². The van der Waals surface area contributed by atoms with Gasteiger partial charge in [0.25, 0.3) is 18.2 Å². The van der Waals surface area contributed by atoms with Crippen LogP contribution < -0.4 is 22.3 Å². The molecule has 7 N–H and O–H groups in total. The molecule has 0 aromatic heterocycles. The maximum atomic E-state index is 13.2. The highest BCUT2D eigenvalue weighted by atomic mass is 19.3. The number of rotatable bonds is 6. The Labute approximate surface area is 184 Å². The Morgan fingerprint density at radius 3 is 1.97 bits per heavy atom. The number of halogens is 2. The fraction of sp³-hybridized carbons (Fsp3) is 0.217. The van der Waals surface area contributed by atoms with Gasteiger partial charge in [0.15, 0.2) is 0 Å². The van der Waals surface area contributed by atoms with Crippen LogP contribution in [0.25, 0.3) is 0 Å². The number of hydrogen-bond donors (Lipinski definition) is 5. The number of amides is 2. The summed E-state index contributed by atoms with van der Waals surface area (Å²) in [6, 6.07) is 11.5. The van der Waals surface area contributed by atoms with Gasteiger partial charge in [-0.1, -0.05) is 24.0 Å². The summed E-state index contributed by atoms with van der Waals surface area (Å²) in [4.78, 5) is 24.1. The minimum Gasteiger partial charge on any atom is -0.338 e. The van der Waals surface area contributed by atoms with Crippen LogP contribution in [0.1, 0.15) is 34.0 Å². The van der Waals surface area contributed by atoms with Crippen molar-refractivity contribution in [2.45, 2.75) is 31.5 Å². The van der Waals surface area contributed by atoms with Crippen molar-refractivity contribution < 1.29 is 23.6 Å². The van der Waals surface area contributed by atoms with E-state index in [1.807, 2.05) is 24.3 Å². The first-order chi connectivity index (χ1) is 15.2. The van der Waals surface area contributed by atoms with Gasteiger partial charge in [-0.2, -0.15) is 0 Å². The van der Waals surface area contributed by atoms with E-state index in [-0.39, 0.29) is 5.56 Å². The molecule has 0 radical (unpaired) electrons. The molecule has 0 spiro atoms. The number of carbonyl (C=O) groups is 2. The predicted octanol–water partition coefficient (Wildman–Crippen LogP) is 1.13. The third kappa shape index (κ3) is 6.37. The quantitative estimate of drug-likeness (QED) is 0.261. The van der Waals surface area contributed by atoms with Crippen LogP contribution in [0.2, 0.25) is 0 Å². The zero-order chi connectivity index (χ0) is 23.7. The number of benzene rings is 2. The summed E-state index contributed by atoms with van der Waals surface area (Å²) >= 11 is 0. The monoisotopic (exact) mass is 440 g/mol. The zero-order valence-electron chi connectivity index (χ0n) is 17.2. The highest BCUT2D eigenvalue weighted by molar-refractivity contribution is 5.98. The van der Waals surface area contributed by atoms with Crippen LogP contribution in [0.5, 0.6) is 0 Å². The highest BCUT2D eigenvalue weighted by Crippen LogP contribution is 2.18. The fourth-order valence-corrected chi connectivity index (χ4v) is 2.54. The molecular weight excluding hydrogens is 418 g/mol. The van der Waals surface area contributed by atoms with E-state index in [0.29, 0.717) is 12.1 Å². The molecule has 2 amide bonds. The van der Waals surface area contributed by atoms with Crippen molar-refractivity contribution in [3.05, 3.63) is 70.8 Å². The molecule has 0 aliphatic heterocycles. The summed E-state index contributed by atoms with van der Waals surface area (Å²) in [6.45, 7) is 1.35. The van der Waals surface area contributed by atoms with Crippen molar-refractivity contribution in [1.29, 1.82) is 0 Å². The van der Waals surface area contributed by atoms with Crippen LogP contribution in [0.4, 0.5) is 8.78 Å². The van der Waals surface area contributed by atoms with Crippen LogP contribution in [0, 0.1) is 23.7 Å². The standard InChI is InChI=1S/C23H22F2N4O3/c1-23(27,22(24)25)19(21(31)29-32)28-20(30)18-12-10-16(11-13-18)5-3-2-4-15-6-8-17(14-26)9-7-15/h6-13,19,22,32H,14,26-27H2,1H3,(H,28,30)(H,29,31). The smallest absolute Gasteiger partial charge is 0.268 e.